The molecule has 6 rings (SSSR count). The van der Waals surface area contributed by atoms with Crippen molar-refractivity contribution in [2.75, 3.05) is 0 Å². The Labute approximate surface area is 308 Å². The van der Waals surface area contributed by atoms with Crippen LogP contribution in [0.2, 0.25) is 0 Å². The van der Waals surface area contributed by atoms with Crippen molar-refractivity contribution in [2.24, 2.45) is 0 Å². The van der Waals surface area contributed by atoms with Crippen LogP contribution in [0.15, 0.2) is 72.8 Å². The first-order valence-corrected chi connectivity index (χ1v) is 21.5. The lowest BCUT2D eigenvalue weighted by molar-refractivity contribution is 0.607. The molecule has 0 saturated carbocycles. The van der Waals surface area contributed by atoms with Gasteiger partial charge in [-0.15, -0.1) is 0 Å². The van der Waals surface area contributed by atoms with E-state index >= 15 is 0 Å². The van der Waals surface area contributed by atoms with Crippen molar-refractivity contribution in [2.45, 2.75) is 117 Å². The first kappa shape index (κ1) is 35.6. The highest BCUT2D eigenvalue weighted by Crippen LogP contribution is 2.45. The molecule has 0 unspecified atom stereocenters. The van der Waals surface area contributed by atoms with Crippen LogP contribution in [-0.4, -0.2) is 8.39 Å². The summed E-state index contributed by atoms with van der Waals surface area (Å²) < 4.78 is 1.97. The average molecular weight is 707 g/mol. The average Bonchev–Trinajstić information content (AvgIpc) is 3.68. The van der Waals surface area contributed by atoms with Gasteiger partial charge in [0.1, 0.15) is 0 Å². The second-order valence-corrected chi connectivity index (χ2v) is 17.2. The van der Waals surface area contributed by atoms with Gasteiger partial charge in [0.15, 0.2) is 0 Å². The summed E-state index contributed by atoms with van der Waals surface area (Å²) in [7, 11) is 3.45. The summed E-state index contributed by atoms with van der Waals surface area (Å²) in [4.78, 5) is 0. The van der Waals surface area contributed by atoms with E-state index in [-0.39, 0.29) is 0 Å². The van der Waals surface area contributed by atoms with E-state index in [1.165, 1.54) is 144 Å². The largest absolute Gasteiger partial charge is 0.0894 e. The zero-order chi connectivity index (χ0) is 33.3. The third-order valence-electron chi connectivity index (χ3n) is 10.3. The minimum Gasteiger partial charge on any atom is -0.0709 e. The van der Waals surface area contributed by atoms with E-state index in [0.717, 1.165) is 34.1 Å². The van der Waals surface area contributed by atoms with Crippen molar-refractivity contribution in [3.8, 4) is 22.3 Å². The maximum atomic E-state index is 6.36. The van der Waals surface area contributed by atoms with Gasteiger partial charge in [-0.1, -0.05) is 175 Å². The number of rotatable bonds is 16. The zero-order valence-electron chi connectivity index (χ0n) is 28.9. The number of aryl methyl sites for hydroxylation is 2. The highest BCUT2D eigenvalue weighted by Gasteiger charge is 2.27. The minimum absolute atomic E-state index is 0.966. The van der Waals surface area contributed by atoms with Crippen molar-refractivity contribution in [3.63, 3.8) is 0 Å². The van der Waals surface area contributed by atoms with Crippen LogP contribution in [-0.2, 0) is 25.7 Å². The Balaban J connectivity index is 1.23. The van der Waals surface area contributed by atoms with Gasteiger partial charge in [-0.05, 0) is 116 Å². The Kier molecular flexibility index (Phi) is 13.1. The Bertz CT molecular complexity index is 1620. The highest BCUT2D eigenvalue weighted by molar-refractivity contribution is 8.90. The third kappa shape index (κ3) is 8.20. The van der Waals surface area contributed by atoms with Crippen molar-refractivity contribution in [1.82, 2.24) is 0 Å². The van der Waals surface area contributed by atoms with Gasteiger partial charge in [0.2, 0.25) is 0 Å². The van der Waals surface area contributed by atoms with Gasteiger partial charge in [-0.25, -0.2) is 0 Å². The molecule has 0 spiro atoms. The summed E-state index contributed by atoms with van der Waals surface area (Å²) in [6.45, 7) is 4.58. The fourth-order valence-electron chi connectivity index (χ4n) is 7.80. The second-order valence-electron chi connectivity index (χ2n) is 13.7. The van der Waals surface area contributed by atoms with Crippen molar-refractivity contribution in [3.05, 3.63) is 117 Å². The predicted molar refractivity (Wildman–Crippen MR) is 222 cm³/mol. The molecular formula is C44H50S4. The van der Waals surface area contributed by atoms with Crippen LogP contribution in [0.4, 0.5) is 0 Å². The normalized spacial score (nSPS) is 12.5. The minimum atomic E-state index is 0.966. The van der Waals surface area contributed by atoms with E-state index in [4.69, 9.17) is 24.4 Å². The molecule has 0 radical (unpaired) electrons. The molecule has 2 aliphatic rings. The molecule has 0 heterocycles. The molecule has 0 aromatic heterocycles. The maximum Gasteiger partial charge on any atom is 0.0894 e. The summed E-state index contributed by atoms with van der Waals surface area (Å²) in [5.74, 6) is 0. The molecule has 0 bridgehead atoms. The number of unbranched alkanes of at least 4 members (excludes halogenated alkanes) is 10. The van der Waals surface area contributed by atoms with Crippen molar-refractivity contribution < 1.29 is 0 Å². The summed E-state index contributed by atoms with van der Waals surface area (Å²) in [6.07, 6.45) is 19.8. The summed E-state index contributed by atoms with van der Waals surface area (Å²) in [6, 6.07) is 27.3. The van der Waals surface area contributed by atoms with Crippen LogP contribution in [0.3, 0.4) is 0 Å². The fourth-order valence-corrected chi connectivity index (χ4v) is 10.7. The molecule has 0 atom stereocenters. The van der Waals surface area contributed by atoms with E-state index in [2.05, 4.69) is 86.6 Å². The lowest BCUT2D eigenvalue weighted by Gasteiger charge is -2.18. The Hall–Kier alpha value is -2.24. The molecule has 0 N–H and O–H groups in total. The van der Waals surface area contributed by atoms with Gasteiger partial charge in [0, 0.05) is 11.1 Å². The monoisotopic (exact) mass is 706 g/mol. The van der Waals surface area contributed by atoms with Crippen molar-refractivity contribution in [1.29, 1.82) is 0 Å². The quantitative estimate of drug-likeness (QED) is 0.0558. The molecule has 4 heteroatoms. The third-order valence-corrected chi connectivity index (χ3v) is 13.9. The lowest BCUT2D eigenvalue weighted by atomic mass is 9.94. The van der Waals surface area contributed by atoms with Gasteiger partial charge in [0.05, 0.1) is 8.39 Å². The molecule has 0 fully saturated rings. The molecule has 0 aliphatic heterocycles. The van der Waals surface area contributed by atoms with Crippen LogP contribution in [0, 0.1) is 0 Å². The smallest absolute Gasteiger partial charge is 0.0709 e. The highest BCUT2D eigenvalue weighted by atomic mass is 33.1. The van der Waals surface area contributed by atoms with Crippen LogP contribution in [0.5, 0.6) is 0 Å². The van der Waals surface area contributed by atoms with E-state index < -0.39 is 0 Å². The summed E-state index contributed by atoms with van der Waals surface area (Å²) >= 11 is 12.7. The molecule has 4 aromatic rings. The zero-order valence-corrected chi connectivity index (χ0v) is 32.1. The first-order chi connectivity index (χ1) is 23.6. The van der Waals surface area contributed by atoms with Gasteiger partial charge in [0.25, 0.3) is 0 Å². The standard InChI is InChI=1S/C44H50S4/c1-3-5-7-9-11-13-19-31-25-27-37-35-23-17-15-21-33(35)29-39(37)41(31)43(45)47-48-44(46)42-32(20-14-12-10-8-6-4-2)26-28-38-36-24-18-16-22-34(36)30-40(38)42/h15-18,21-28H,3-14,19-20,29-30H2,1-2H3. The van der Waals surface area contributed by atoms with E-state index in [1.807, 2.05) is 0 Å². The van der Waals surface area contributed by atoms with E-state index in [0.29, 0.717) is 0 Å². The van der Waals surface area contributed by atoms with Crippen LogP contribution in [0.1, 0.15) is 135 Å². The Morgan fingerprint density at radius 2 is 0.875 bits per heavy atom. The Morgan fingerprint density at radius 1 is 0.479 bits per heavy atom. The molecule has 0 saturated heterocycles. The number of fused-ring (bicyclic) bond motifs is 6. The molecule has 250 valence electrons. The van der Waals surface area contributed by atoms with E-state index in [9.17, 15) is 0 Å². The SMILES string of the molecule is CCCCCCCCc1ccc2c(c1C(=S)SSC(=S)c1c(CCCCCCCC)ccc3c1Cc1ccccc1-3)Cc1ccccc1-2. The number of benzene rings is 4. The molecule has 0 nitrogen and oxygen atoms in total. The number of hydrogen-bond donors (Lipinski definition) is 0. The maximum absolute atomic E-state index is 6.36. The molecule has 4 aromatic carbocycles. The van der Waals surface area contributed by atoms with Crippen LogP contribution >= 0.6 is 46.0 Å². The van der Waals surface area contributed by atoms with Gasteiger partial charge in [-0.3, -0.25) is 0 Å². The molecule has 48 heavy (non-hydrogen) atoms. The predicted octanol–water partition coefficient (Wildman–Crippen LogP) is 14.1. The van der Waals surface area contributed by atoms with Crippen LogP contribution in [0.25, 0.3) is 22.3 Å². The fraction of sp³-hybridized carbons (Fsp3) is 0.409. The lowest BCUT2D eigenvalue weighted by Crippen LogP contribution is -2.07. The summed E-state index contributed by atoms with van der Waals surface area (Å²) in [5.41, 5.74) is 16.6. The Morgan fingerprint density at radius 3 is 1.31 bits per heavy atom. The topological polar surface area (TPSA) is 0 Å². The molecule has 0 amide bonds. The number of thiocarbonyl (C=S) groups is 2. The van der Waals surface area contributed by atoms with Gasteiger partial charge >= 0.3 is 0 Å². The second kappa shape index (κ2) is 17.6. The van der Waals surface area contributed by atoms with Gasteiger partial charge in [-0.2, -0.15) is 0 Å². The molecular weight excluding hydrogens is 657 g/mol. The van der Waals surface area contributed by atoms with E-state index in [1.54, 1.807) is 21.6 Å². The number of hydrogen-bond acceptors (Lipinski definition) is 4. The summed E-state index contributed by atoms with van der Waals surface area (Å²) in [5, 5.41) is 0. The van der Waals surface area contributed by atoms with Gasteiger partial charge < -0.3 is 0 Å². The van der Waals surface area contributed by atoms with Crippen LogP contribution < -0.4 is 0 Å². The molecule has 2 aliphatic carbocycles. The van der Waals surface area contributed by atoms with Crippen molar-refractivity contribution >= 4 is 54.4 Å². The first-order valence-electron chi connectivity index (χ1n) is 18.5.